The molecule has 1 amide bonds. The second kappa shape index (κ2) is 8.95. The number of rotatable bonds is 8. The number of thiophene rings is 1. The lowest BCUT2D eigenvalue weighted by Gasteiger charge is -2.07. The number of carbonyl (C=O) groups excluding carboxylic acids is 2. The molecule has 0 saturated heterocycles. The molecule has 0 aliphatic heterocycles. The van der Waals surface area contributed by atoms with Crippen molar-refractivity contribution in [2.45, 2.75) is 10.8 Å². The number of amides is 1. The van der Waals surface area contributed by atoms with E-state index in [1.165, 1.54) is 6.07 Å². The molecule has 1 aromatic heterocycles. The fourth-order valence-corrected chi connectivity index (χ4v) is 3.82. The summed E-state index contributed by atoms with van der Waals surface area (Å²) in [5.74, 6) is -1.34. The molecule has 0 bridgehead atoms. The highest BCUT2D eigenvalue weighted by molar-refractivity contribution is 7.91. The number of carbonyl (C=O) groups is 2. The number of benzene rings is 1. The van der Waals surface area contributed by atoms with Gasteiger partial charge in [-0.05, 0) is 29.1 Å². The molecule has 0 aliphatic carbocycles. The van der Waals surface area contributed by atoms with Crippen LogP contribution in [0.15, 0.2) is 46.0 Å². The minimum absolute atomic E-state index is 0.0982. The molecule has 10 heteroatoms. The molecule has 0 spiro atoms. The number of sulfonamides is 1. The summed E-state index contributed by atoms with van der Waals surface area (Å²) in [6.45, 7) is -0.781. The lowest BCUT2D eigenvalue weighted by atomic mass is 10.2. The topological polar surface area (TPSA) is 102 Å². The summed E-state index contributed by atoms with van der Waals surface area (Å²) in [5.41, 5.74) is 0.841. The number of ether oxygens (including phenoxy) is 1. The lowest BCUT2D eigenvalue weighted by molar-refractivity contribution is -0.147. The summed E-state index contributed by atoms with van der Waals surface area (Å²) >= 11 is 6.79. The van der Waals surface area contributed by atoms with E-state index in [1.807, 2.05) is 0 Å². The van der Waals surface area contributed by atoms with Crippen molar-refractivity contribution in [2.75, 3.05) is 13.2 Å². The predicted octanol–water partition coefficient (Wildman–Crippen LogP) is 1.54. The Hall–Kier alpha value is -1.94. The van der Waals surface area contributed by atoms with Gasteiger partial charge in [0.05, 0.1) is 0 Å². The number of nitrogens with one attached hydrogen (secondary N) is 2. The normalized spacial score (nSPS) is 11.1. The van der Waals surface area contributed by atoms with E-state index < -0.39 is 35.1 Å². The molecule has 2 N–H and O–H groups in total. The second-order valence-electron chi connectivity index (χ2n) is 4.82. The minimum Gasteiger partial charge on any atom is -0.455 e. The highest BCUT2D eigenvalue weighted by Crippen LogP contribution is 2.14. The summed E-state index contributed by atoms with van der Waals surface area (Å²) in [6, 6.07) is 9.92. The van der Waals surface area contributed by atoms with E-state index in [2.05, 4.69) is 10.0 Å². The Kier molecular flexibility index (Phi) is 6.94. The van der Waals surface area contributed by atoms with Crippen molar-refractivity contribution >= 4 is 44.8 Å². The Bertz CT molecular complexity index is 820. The smallest absolute Gasteiger partial charge is 0.321 e. The van der Waals surface area contributed by atoms with Crippen LogP contribution in [0.3, 0.4) is 0 Å². The van der Waals surface area contributed by atoms with Gasteiger partial charge in [-0.25, -0.2) is 8.42 Å². The van der Waals surface area contributed by atoms with Crippen molar-refractivity contribution in [1.29, 1.82) is 0 Å². The monoisotopic (exact) mass is 402 g/mol. The standard InChI is InChI=1S/C15H15ClN2O5S2/c16-12-5-3-11(4-6-12)8-17-13(19)10-23-14(20)9-18-25(21,22)15-2-1-7-24-15/h1-7,18H,8-10H2,(H,17,19). The molecular weight excluding hydrogens is 388 g/mol. The third-order valence-corrected chi connectivity index (χ3v) is 5.98. The maximum atomic E-state index is 11.8. The van der Waals surface area contributed by atoms with Crippen LogP contribution in [0.1, 0.15) is 5.56 Å². The van der Waals surface area contributed by atoms with Crippen LogP contribution in [0, 0.1) is 0 Å². The van der Waals surface area contributed by atoms with Crippen LogP contribution in [0.25, 0.3) is 0 Å². The molecule has 0 atom stereocenters. The van der Waals surface area contributed by atoms with E-state index in [0.29, 0.717) is 5.02 Å². The van der Waals surface area contributed by atoms with Crippen molar-refractivity contribution in [2.24, 2.45) is 0 Å². The number of halogens is 1. The van der Waals surface area contributed by atoms with Gasteiger partial charge in [-0.1, -0.05) is 29.8 Å². The van der Waals surface area contributed by atoms with Crippen LogP contribution in [0.5, 0.6) is 0 Å². The maximum Gasteiger partial charge on any atom is 0.321 e. The quantitative estimate of drug-likeness (QED) is 0.652. The van der Waals surface area contributed by atoms with Crippen molar-refractivity contribution < 1.29 is 22.7 Å². The summed E-state index contributed by atoms with van der Waals surface area (Å²) in [7, 11) is -3.74. The summed E-state index contributed by atoms with van der Waals surface area (Å²) < 4.78 is 30.6. The van der Waals surface area contributed by atoms with Gasteiger partial charge in [0.15, 0.2) is 6.61 Å². The van der Waals surface area contributed by atoms with Crippen LogP contribution in [-0.2, 0) is 30.9 Å². The molecule has 0 aliphatic rings. The SMILES string of the molecule is O=C(COC(=O)CNS(=O)(=O)c1cccs1)NCc1ccc(Cl)cc1. The third-order valence-electron chi connectivity index (χ3n) is 2.93. The van der Waals surface area contributed by atoms with Gasteiger partial charge in [-0.3, -0.25) is 9.59 Å². The fraction of sp³-hybridized carbons (Fsp3) is 0.200. The van der Waals surface area contributed by atoms with Gasteiger partial charge >= 0.3 is 5.97 Å². The third kappa shape index (κ3) is 6.46. The number of hydrogen-bond donors (Lipinski definition) is 2. The van der Waals surface area contributed by atoms with Gasteiger partial charge in [0.2, 0.25) is 0 Å². The lowest BCUT2D eigenvalue weighted by Crippen LogP contribution is -2.33. The average molecular weight is 403 g/mol. The Morgan fingerprint density at radius 3 is 2.52 bits per heavy atom. The van der Waals surface area contributed by atoms with Crippen molar-refractivity contribution in [3.63, 3.8) is 0 Å². The molecule has 25 heavy (non-hydrogen) atoms. The highest BCUT2D eigenvalue weighted by atomic mass is 35.5. The fourth-order valence-electron chi connectivity index (χ4n) is 1.69. The first-order chi connectivity index (χ1) is 11.9. The Morgan fingerprint density at radius 1 is 1.16 bits per heavy atom. The van der Waals surface area contributed by atoms with Gasteiger partial charge in [0, 0.05) is 11.6 Å². The molecule has 2 aromatic rings. The average Bonchev–Trinajstić information content (AvgIpc) is 3.13. The van der Waals surface area contributed by atoms with Crippen LogP contribution in [0.4, 0.5) is 0 Å². The van der Waals surface area contributed by atoms with E-state index >= 15 is 0 Å². The van der Waals surface area contributed by atoms with E-state index in [9.17, 15) is 18.0 Å². The van der Waals surface area contributed by atoms with E-state index in [1.54, 1.807) is 35.7 Å². The maximum absolute atomic E-state index is 11.8. The molecule has 134 valence electrons. The predicted molar refractivity (Wildman–Crippen MR) is 93.8 cm³/mol. The number of esters is 1. The summed E-state index contributed by atoms with van der Waals surface area (Å²) in [4.78, 5) is 23.2. The zero-order chi connectivity index (χ0) is 18.3. The molecule has 0 radical (unpaired) electrons. The van der Waals surface area contributed by atoms with E-state index in [-0.39, 0.29) is 10.8 Å². The summed E-state index contributed by atoms with van der Waals surface area (Å²) in [5, 5.41) is 4.77. The first-order valence-electron chi connectivity index (χ1n) is 7.07. The molecule has 0 unspecified atom stereocenters. The van der Waals surface area contributed by atoms with Gasteiger partial charge in [0.25, 0.3) is 15.9 Å². The Balaban J connectivity index is 1.69. The summed E-state index contributed by atoms with van der Waals surface area (Å²) in [6.07, 6.45) is 0. The van der Waals surface area contributed by atoms with Gasteiger partial charge in [-0.15, -0.1) is 11.3 Å². The Labute approximate surface area is 154 Å². The van der Waals surface area contributed by atoms with Crippen molar-refractivity contribution in [3.8, 4) is 0 Å². The van der Waals surface area contributed by atoms with E-state index in [4.69, 9.17) is 16.3 Å². The van der Waals surface area contributed by atoms with Gasteiger partial charge < -0.3 is 10.1 Å². The Morgan fingerprint density at radius 2 is 1.88 bits per heavy atom. The molecular formula is C15H15ClN2O5S2. The van der Waals surface area contributed by atoms with Gasteiger partial charge in [0.1, 0.15) is 10.8 Å². The number of hydrogen-bond acceptors (Lipinski definition) is 6. The highest BCUT2D eigenvalue weighted by Gasteiger charge is 2.17. The first-order valence-corrected chi connectivity index (χ1v) is 9.81. The molecule has 0 saturated carbocycles. The largest absolute Gasteiger partial charge is 0.455 e. The minimum atomic E-state index is -3.74. The van der Waals surface area contributed by atoms with Crippen LogP contribution in [-0.4, -0.2) is 33.4 Å². The molecule has 7 nitrogen and oxygen atoms in total. The second-order valence-corrected chi connectivity index (χ2v) is 8.20. The molecule has 2 rings (SSSR count). The molecule has 1 aromatic carbocycles. The van der Waals surface area contributed by atoms with Gasteiger partial charge in [-0.2, -0.15) is 4.72 Å². The molecule has 1 heterocycles. The van der Waals surface area contributed by atoms with Crippen LogP contribution >= 0.6 is 22.9 Å². The zero-order valence-corrected chi connectivity index (χ0v) is 15.3. The van der Waals surface area contributed by atoms with Crippen molar-refractivity contribution in [1.82, 2.24) is 10.0 Å². The van der Waals surface area contributed by atoms with Crippen molar-refractivity contribution in [3.05, 3.63) is 52.4 Å². The van der Waals surface area contributed by atoms with E-state index in [0.717, 1.165) is 16.9 Å². The zero-order valence-electron chi connectivity index (χ0n) is 12.9. The molecule has 0 fully saturated rings. The first kappa shape index (κ1) is 19.4. The van der Waals surface area contributed by atoms with Crippen LogP contribution in [0.2, 0.25) is 5.02 Å². The van der Waals surface area contributed by atoms with Crippen LogP contribution < -0.4 is 10.0 Å².